The first kappa shape index (κ1) is 26.0. The Morgan fingerprint density at radius 3 is 2.12 bits per heavy atom. The zero-order valence-electron chi connectivity index (χ0n) is 18.1. The van der Waals surface area contributed by atoms with E-state index in [4.69, 9.17) is 14.9 Å². The minimum absolute atomic E-state index is 0.0889. The SMILES string of the molecule is Cc1c(CCC(O)O)ccc(OCc2c(-c3ccc(C(F)(F)F)cc3)nsc2C(F)(F)F)c1C. The Labute approximate surface area is 195 Å². The molecule has 0 spiro atoms. The molecule has 184 valence electrons. The maximum absolute atomic E-state index is 13.6. The summed E-state index contributed by atoms with van der Waals surface area (Å²) in [5, 5.41) is 18.1. The van der Waals surface area contributed by atoms with Crippen molar-refractivity contribution >= 4 is 11.5 Å². The molecule has 0 unspecified atom stereocenters. The molecular formula is C23H21F6NO3S. The molecule has 4 nitrogen and oxygen atoms in total. The van der Waals surface area contributed by atoms with Gasteiger partial charge in [-0.15, -0.1) is 0 Å². The maximum Gasteiger partial charge on any atom is 0.427 e. The first-order valence-electron chi connectivity index (χ1n) is 10.1. The number of benzene rings is 2. The largest absolute Gasteiger partial charge is 0.488 e. The van der Waals surface area contributed by atoms with Gasteiger partial charge in [0.25, 0.3) is 0 Å². The molecule has 0 aliphatic carbocycles. The molecule has 1 aromatic heterocycles. The first-order chi connectivity index (χ1) is 15.8. The number of hydrogen-bond acceptors (Lipinski definition) is 5. The lowest BCUT2D eigenvalue weighted by Crippen LogP contribution is -2.09. The molecule has 34 heavy (non-hydrogen) atoms. The van der Waals surface area contributed by atoms with Crippen LogP contribution >= 0.6 is 11.5 Å². The van der Waals surface area contributed by atoms with Gasteiger partial charge in [-0.25, -0.2) is 0 Å². The van der Waals surface area contributed by atoms with Crippen LogP contribution in [0.15, 0.2) is 36.4 Å². The van der Waals surface area contributed by atoms with E-state index in [1.807, 2.05) is 0 Å². The van der Waals surface area contributed by atoms with Gasteiger partial charge in [0.1, 0.15) is 17.2 Å². The molecule has 11 heteroatoms. The van der Waals surface area contributed by atoms with E-state index in [0.717, 1.165) is 35.4 Å². The molecule has 1 heterocycles. The van der Waals surface area contributed by atoms with Crippen molar-refractivity contribution in [1.82, 2.24) is 4.37 Å². The number of halogens is 6. The number of aryl methyl sites for hydroxylation is 1. The van der Waals surface area contributed by atoms with E-state index in [2.05, 4.69) is 4.37 Å². The molecule has 0 saturated carbocycles. The number of aliphatic hydroxyl groups is 2. The molecule has 0 atom stereocenters. The highest BCUT2D eigenvalue weighted by Crippen LogP contribution is 2.41. The van der Waals surface area contributed by atoms with Gasteiger partial charge in [-0.3, -0.25) is 0 Å². The quantitative estimate of drug-likeness (QED) is 0.293. The zero-order chi connectivity index (χ0) is 25.3. The predicted molar refractivity (Wildman–Crippen MR) is 114 cm³/mol. The fraction of sp³-hybridized carbons (Fsp3) is 0.348. The van der Waals surface area contributed by atoms with Gasteiger partial charge in [0.05, 0.1) is 11.3 Å². The van der Waals surface area contributed by atoms with Crippen LogP contribution in [-0.4, -0.2) is 20.9 Å². The number of aromatic nitrogens is 1. The molecule has 2 N–H and O–H groups in total. The van der Waals surface area contributed by atoms with Crippen LogP contribution in [0.1, 0.15) is 39.1 Å². The van der Waals surface area contributed by atoms with Crippen molar-refractivity contribution in [2.24, 2.45) is 0 Å². The van der Waals surface area contributed by atoms with Crippen LogP contribution in [0.2, 0.25) is 0 Å². The van der Waals surface area contributed by atoms with Crippen molar-refractivity contribution in [1.29, 1.82) is 0 Å². The standard InChI is InChI=1S/C23H21F6NO3S/c1-12-13(2)18(9-5-14(12)6-10-19(31)32)33-11-17-20(30-34-21(17)23(27,28)29)15-3-7-16(8-4-15)22(24,25)26/h3-5,7-9,19,31-32H,6,10-11H2,1-2H3. The van der Waals surface area contributed by atoms with Gasteiger partial charge < -0.3 is 14.9 Å². The fourth-order valence-electron chi connectivity index (χ4n) is 3.42. The van der Waals surface area contributed by atoms with Crippen LogP contribution in [0.3, 0.4) is 0 Å². The molecule has 0 saturated heterocycles. The number of alkyl halides is 6. The van der Waals surface area contributed by atoms with Gasteiger partial charge in [0.15, 0.2) is 6.29 Å². The highest BCUT2D eigenvalue weighted by atomic mass is 32.1. The number of aliphatic hydroxyl groups excluding tert-OH is 1. The van der Waals surface area contributed by atoms with Crippen molar-refractivity contribution in [2.75, 3.05) is 0 Å². The summed E-state index contributed by atoms with van der Waals surface area (Å²) in [7, 11) is 0. The Kier molecular flexibility index (Phi) is 7.59. The van der Waals surface area contributed by atoms with Gasteiger partial charge in [0.2, 0.25) is 0 Å². The number of ether oxygens (including phenoxy) is 1. The molecule has 3 aromatic rings. The average molecular weight is 505 g/mol. The third-order valence-electron chi connectivity index (χ3n) is 5.42. The summed E-state index contributed by atoms with van der Waals surface area (Å²) in [5.41, 5.74) is 1.18. The van der Waals surface area contributed by atoms with Crippen molar-refractivity contribution in [3.05, 3.63) is 69.1 Å². The van der Waals surface area contributed by atoms with E-state index in [-0.39, 0.29) is 34.8 Å². The second-order valence-corrected chi connectivity index (χ2v) is 8.47. The van der Waals surface area contributed by atoms with E-state index in [1.54, 1.807) is 26.0 Å². The van der Waals surface area contributed by atoms with Crippen LogP contribution in [0.25, 0.3) is 11.3 Å². The lowest BCUT2D eigenvalue weighted by atomic mass is 9.98. The Morgan fingerprint density at radius 2 is 1.56 bits per heavy atom. The van der Waals surface area contributed by atoms with E-state index in [1.165, 1.54) is 0 Å². The van der Waals surface area contributed by atoms with E-state index in [9.17, 15) is 26.3 Å². The van der Waals surface area contributed by atoms with E-state index >= 15 is 0 Å². The highest BCUT2D eigenvalue weighted by molar-refractivity contribution is 7.06. The molecule has 0 aliphatic rings. The molecular weight excluding hydrogens is 484 g/mol. The third kappa shape index (κ3) is 5.89. The normalized spacial score (nSPS) is 12.4. The molecule has 2 aromatic carbocycles. The van der Waals surface area contributed by atoms with Crippen molar-refractivity contribution in [3.63, 3.8) is 0 Å². The summed E-state index contributed by atoms with van der Waals surface area (Å²) in [4.78, 5) is -0.981. The van der Waals surface area contributed by atoms with Crippen LogP contribution in [0.4, 0.5) is 26.3 Å². The second kappa shape index (κ2) is 9.93. The van der Waals surface area contributed by atoms with Crippen LogP contribution in [-0.2, 0) is 25.4 Å². The highest BCUT2D eigenvalue weighted by Gasteiger charge is 2.38. The number of hydrogen-bond donors (Lipinski definition) is 2. The monoisotopic (exact) mass is 505 g/mol. The van der Waals surface area contributed by atoms with Crippen LogP contribution in [0.5, 0.6) is 5.75 Å². The van der Waals surface area contributed by atoms with E-state index < -0.39 is 35.7 Å². The number of nitrogens with zero attached hydrogens (tertiary/aromatic N) is 1. The van der Waals surface area contributed by atoms with Gasteiger partial charge in [0, 0.05) is 17.5 Å². The Balaban J connectivity index is 1.91. The smallest absolute Gasteiger partial charge is 0.427 e. The minimum atomic E-state index is -4.71. The average Bonchev–Trinajstić information content (AvgIpc) is 3.18. The maximum atomic E-state index is 13.6. The first-order valence-corrected chi connectivity index (χ1v) is 10.9. The molecule has 0 bridgehead atoms. The summed E-state index contributed by atoms with van der Waals surface area (Å²) in [6.07, 6.45) is -10.2. The summed E-state index contributed by atoms with van der Waals surface area (Å²) in [6.45, 7) is 3.04. The predicted octanol–water partition coefficient (Wildman–Crippen LogP) is 6.29. The van der Waals surface area contributed by atoms with Crippen molar-refractivity contribution in [3.8, 4) is 17.0 Å². The molecule has 0 radical (unpaired) electrons. The Bertz CT molecular complexity index is 1140. The van der Waals surface area contributed by atoms with Gasteiger partial charge >= 0.3 is 12.4 Å². The van der Waals surface area contributed by atoms with Gasteiger partial charge in [-0.2, -0.15) is 30.7 Å². The molecule has 0 aliphatic heterocycles. The van der Waals surface area contributed by atoms with Crippen molar-refractivity contribution in [2.45, 2.75) is 51.9 Å². The van der Waals surface area contributed by atoms with Gasteiger partial charge in [-0.1, -0.05) is 18.2 Å². The van der Waals surface area contributed by atoms with Crippen LogP contribution in [0, 0.1) is 13.8 Å². The third-order valence-corrected chi connectivity index (χ3v) is 6.36. The molecule has 3 rings (SSSR count). The molecule has 0 fully saturated rings. The number of rotatable bonds is 7. The lowest BCUT2D eigenvalue weighted by molar-refractivity contribution is -0.137. The Hall–Kier alpha value is -2.63. The van der Waals surface area contributed by atoms with Crippen LogP contribution < -0.4 is 4.74 Å². The summed E-state index contributed by atoms with van der Waals surface area (Å²) < 4.78 is 88.9. The fourth-order valence-corrected chi connectivity index (χ4v) is 4.19. The van der Waals surface area contributed by atoms with Crippen molar-refractivity contribution < 1.29 is 41.3 Å². The zero-order valence-corrected chi connectivity index (χ0v) is 18.9. The second-order valence-electron chi connectivity index (χ2n) is 7.69. The topological polar surface area (TPSA) is 62.6 Å². The molecule has 0 amide bonds. The lowest BCUT2D eigenvalue weighted by Gasteiger charge is -2.16. The van der Waals surface area contributed by atoms with E-state index in [0.29, 0.717) is 17.7 Å². The summed E-state index contributed by atoms with van der Waals surface area (Å²) in [5.74, 6) is 0.337. The Morgan fingerprint density at radius 1 is 0.912 bits per heavy atom. The van der Waals surface area contributed by atoms with Gasteiger partial charge in [-0.05, 0) is 66.7 Å². The minimum Gasteiger partial charge on any atom is -0.488 e. The summed E-state index contributed by atoms with van der Waals surface area (Å²) >= 11 is 0.217. The summed E-state index contributed by atoms with van der Waals surface area (Å²) in [6, 6.07) is 7.05.